The van der Waals surface area contributed by atoms with E-state index in [2.05, 4.69) is 0 Å². The van der Waals surface area contributed by atoms with Gasteiger partial charge in [-0.15, -0.1) is 0 Å². The van der Waals surface area contributed by atoms with Gasteiger partial charge in [0, 0.05) is 19.8 Å². The summed E-state index contributed by atoms with van der Waals surface area (Å²) >= 11 is 0. The molecule has 0 atom stereocenters. The lowest BCUT2D eigenvalue weighted by molar-refractivity contribution is 0.305. The quantitative estimate of drug-likeness (QED) is 0.743. The van der Waals surface area contributed by atoms with Crippen LogP contribution in [0.1, 0.15) is 12.8 Å². The van der Waals surface area contributed by atoms with Gasteiger partial charge in [-0.1, -0.05) is 0 Å². The molecule has 0 saturated heterocycles. The first-order valence-corrected chi connectivity index (χ1v) is 4.90. The van der Waals surface area contributed by atoms with Crippen molar-refractivity contribution in [1.29, 1.82) is 0 Å². The van der Waals surface area contributed by atoms with Gasteiger partial charge in [0.1, 0.15) is 5.75 Å². The van der Waals surface area contributed by atoms with Gasteiger partial charge in [-0.3, -0.25) is 0 Å². The molecule has 1 aromatic carbocycles. The van der Waals surface area contributed by atoms with Crippen molar-refractivity contribution in [3.63, 3.8) is 0 Å². The second-order valence-electron chi connectivity index (χ2n) is 3.93. The van der Waals surface area contributed by atoms with Crippen LogP contribution in [0.15, 0.2) is 18.2 Å². The van der Waals surface area contributed by atoms with Gasteiger partial charge in [-0.05, 0) is 31.0 Å². The molecular formula is C11H16N2O. The molecule has 0 amide bonds. The van der Waals surface area contributed by atoms with Crippen LogP contribution < -0.4 is 15.4 Å². The predicted octanol–water partition coefficient (Wildman–Crippen LogP) is 1.88. The Morgan fingerprint density at radius 3 is 2.57 bits per heavy atom. The molecule has 14 heavy (non-hydrogen) atoms. The van der Waals surface area contributed by atoms with E-state index < -0.39 is 0 Å². The van der Waals surface area contributed by atoms with E-state index in [1.165, 1.54) is 0 Å². The van der Waals surface area contributed by atoms with Gasteiger partial charge in [0.25, 0.3) is 0 Å². The van der Waals surface area contributed by atoms with E-state index in [4.69, 9.17) is 10.5 Å². The normalized spacial score (nSPS) is 15.3. The maximum atomic E-state index is 5.88. The predicted molar refractivity (Wildman–Crippen MR) is 58.8 cm³/mol. The summed E-state index contributed by atoms with van der Waals surface area (Å²) in [6.07, 6.45) is 2.73. The van der Waals surface area contributed by atoms with Gasteiger partial charge in [0.2, 0.25) is 0 Å². The average Bonchev–Trinajstić information content (AvgIpc) is 2.92. The number of benzene rings is 1. The van der Waals surface area contributed by atoms with Crippen LogP contribution in [0, 0.1) is 0 Å². The van der Waals surface area contributed by atoms with E-state index in [0.29, 0.717) is 6.10 Å². The minimum absolute atomic E-state index is 0.405. The van der Waals surface area contributed by atoms with Crippen molar-refractivity contribution in [3.05, 3.63) is 18.2 Å². The second kappa shape index (κ2) is 3.40. The molecule has 2 N–H and O–H groups in total. The van der Waals surface area contributed by atoms with Crippen molar-refractivity contribution in [3.8, 4) is 5.75 Å². The summed E-state index contributed by atoms with van der Waals surface area (Å²) in [5, 5.41) is 0. The van der Waals surface area contributed by atoms with Crippen LogP contribution in [0.4, 0.5) is 11.4 Å². The third kappa shape index (κ3) is 1.92. The Morgan fingerprint density at radius 2 is 2.07 bits per heavy atom. The highest BCUT2D eigenvalue weighted by atomic mass is 16.5. The molecule has 0 aliphatic heterocycles. The van der Waals surface area contributed by atoms with E-state index in [1.54, 1.807) is 0 Å². The molecule has 2 rings (SSSR count). The molecule has 76 valence electrons. The molecule has 3 nitrogen and oxygen atoms in total. The molecule has 1 fully saturated rings. The van der Waals surface area contributed by atoms with Crippen LogP contribution >= 0.6 is 0 Å². The highest BCUT2D eigenvalue weighted by Crippen LogP contribution is 2.32. The second-order valence-corrected chi connectivity index (χ2v) is 3.93. The number of nitrogens with zero attached hydrogens (tertiary/aromatic N) is 1. The summed E-state index contributed by atoms with van der Waals surface area (Å²) in [7, 11) is 3.99. The fourth-order valence-electron chi connectivity index (χ4n) is 1.29. The fourth-order valence-corrected chi connectivity index (χ4v) is 1.29. The van der Waals surface area contributed by atoms with Gasteiger partial charge in [-0.25, -0.2) is 0 Å². The summed E-state index contributed by atoms with van der Waals surface area (Å²) in [6.45, 7) is 0. The Balaban J connectivity index is 2.17. The van der Waals surface area contributed by atoms with E-state index in [1.807, 2.05) is 37.2 Å². The molecule has 0 aromatic heterocycles. The molecular weight excluding hydrogens is 176 g/mol. The van der Waals surface area contributed by atoms with E-state index in [9.17, 15) is 0 Å². The highest BCUT2D eigenvalue weighted by molar-refractivity contribution is 5.62. The molecule has 0 bridgehead atoms. The van der Waals surface area contributed by atoms with Crippen LogP contribution in [0.3, 0.4) is 0 Å². The van der Waals surface area contributed by atoms with Crippen molar-refractivity contribution < 1.29 is 4.74 Å². The summed E-state index contributed by atoms with van der Waals surface area (Å²) in [6, 6.07) is 5.91. The first-order chi connectivity index (χ1) is 6.66. The molecule has 1 aromatic rings. The molecule has 0 heterocycles. The fraction of sp³-hybridized carbons (Fsp3) is 0.455. The first-order valence-electron chi connectivity index (χ1n) is 4.90. The van der Waals surface area contributed by atoms with Gasteiger partial charge in [-0.2, -0.15) is 0 Å². The third-order valence-electron chi connectivity index (χ3n) is 2.33. The van der Waals surface area contributed by atoms with Crippen LogP contribution in [-0.4, -0.2) is 20.2 Å². The minimum atomic E-state index is 0.405. The smallest absolute Gasteiger partial charge is 0.142 e. The lowest BCUT2D eigenvalue weighted by Gasteiger charge is -2.15. The van der Waals surface area contributed by atoms with E-state index in [-0.39, 0.29) is 0 Å². The highest BCUT2D eigenvalue weighted by Gasteiger charge is 2.24. The maximum Gasteiger partial charge on any atom is 0.142 e. The van der Waals surface area contributed by atoms with Crippen molar-refractivity contribution in [2.45, 2.75) is 18.9 Å². The standard InChI is InChI=1S/C11H16N2O/c1-13(2)8-3-6-11(10(12)7-8)14-9-4-5-9/h3,6-7,9H,4-5,12H2,1-2H3. The molecule has 1 saturated carbocycles. The number of hydrogen-bond acceptors (Lipinski definition) is 3. The van der Waals surface area contributed by atoms with E-state index >= 15 is 0 Å². The summed E-state index contributed by atoms with van der Waals surface area (Å²) in [4.78, 5) is 2.03. The van der Waals surface area contributed by atoms with Crippen molar-refractivity contribution >= 4 is 11.4 Å². The minimum Gasteiger partial charge on any atom is -0.488 e. The molecule has 1 aliphatic rings. The number of rotatable bonds is 3. The molecule has 3 heteroatoms. The SMILES string of the molecule is CN(C)c1ccc(OC2CC2)c(N)c1. The number of ether oxygens (including phenoxy) is 1. The molecule has 0 spiro atoms. The number of nitrogen functional groups attached to an aromatic ring is 1. The Labute approximate surface area is 84.5 Å². The molecule has 0 unspecified atom stereocenters. The van der Waals surface area contributed by atoms with Crippen LogP contribution in [-0.2, 0) is 0 Å². The van der Waals surface area contributed by atoms with Crippen molar-refractivity contribution in [2.75, 3.05) is 24.7 Å². The van der Waals surface area contributed by atoms with Crippen LogP contribution in [0.2, 0.25) is 0 Å². The van der Waals surface area contributed by atoms with Crippen LogP contribution in [0.5, 0.6) is 5.75 Å². The van der Waals surface area contributed by atoms with Crippen molar-refractivity contribution in [1.82, 2.24) is 0 Å². The lowest BCUT2D eigenvalue weighted by atomic mass is 10.2. The van der Waals surface area contributed by atoms with Gasteiger partial charge < -0.3 is 15.4 Å². The summed E-state index contributed by atoms with van der Waals surface area (Å²) < 4.78 is 5.65. The van der Waals surface area contributed by atoms with E-state index in [0.717, 1.165) is 30.0 Å². The van der Waals surface area contributed by atoms with Crippen molar-refractivity contribution in [2.24, 2.45) is 0 Å². The Kier molecular flexibility index (Phi) is 2.23. The van der Waals surface area contributed by atoms with Gasteiger partial charge in [0.15, 0.2) is 0 Å². The summed E-state index contributed by atoms with van der Waals surface area (Å²) in [5.74, 6) is 0.818. The topological polar surface area (TPSA) is 38.5 Å². The lowest BCUT2D eigenvalue weighted by Crippen LogP contribution is -2.09. The number of nitrogens with two attached hydrogens (primary N) is 1. The zero-order chi connectivity index (χ0) is 10.1. The third-order valence-corrected chi connectivity index (χ3v) is 2.33. The van der Waals surface area contributed by atoms with Gasteiger partial charge >= 0.3 is 0 Å². The zero-order valence-corrected chi connectivity index (χ0v) is 8.66. The average molecular weight is 192 g/mol. The Hall–Kier alpha value is -1.38. The zero-order valence-electron chi connectivity index (χ0n) is 8.66. The Bertz CT molecular complexity index is 332. The molecule has 1 aliphatic carbocycles. The Morgan fingerprint density at radius 1 is 1.36 bits per heavy atom. The number of hydrogen-bond donors (Lipinski definition) is 1. The van der Waals surface area contributed by atoms with Gasteiger partial charge in [0.05, 0.1) is 11.8 Å². The van der Waals surface area contributed by atoms with Crippen LogP contribution in [0.25, 0.3) is 0 Å². The maximum absolute atomic E-state index is 5.88. The largest absolute Gasteiger partial charge is 0.488 e. The number of anilines is 2. The summed E-state index contributed by atoms with van der Waals surface area (Å²) in [5.41, 5.74) is 7.71. The first kappa shape index (κ1) is 9.19. The molecule has 0 radical (unpaired) electrons. The monoisotopic (exact) mass is 192 g/mol.